The van der Waals surface area contributed by atoms with Crippen LogP contribution in [0.2, 0.25) is 5.15 Å². The molecule has 1 aromatic heterocycles. The van der Waals surface area contributed by atoms with E-state index in [2.05, 4.69) is 11.9 Å². The standard InChI is InChI=1S/C12H16ClNO/c1-2-8-4-3-5-10-9(7-15)6-11(13)14-12(8)10/h6,8,15H,2-5,7H2,1H3. The Labute approximate surface area is 95.3 Å². The van der Waals surface area contributed by atoms with Crippen LogP contribution < -0.4 is 0 Å². The highest BCUT2D eigenvalue weighted by molar-refractivity contribution is 6.29. The second-order valence-electron chi connectivity index (χ2n) is 4.12. The van der Waals surface area contributed by atoms with E-state index in [1.807, 2.05) is 0 Å². The molecule has 0 amide bonds. The Hall–Kier alpha value is -0.600. The summed E-state index contributed by atoms with van der Waals surface area (Å²) in [5, 5.41) is 9.80. The van der Waals surface area contributed by atoms with Gasteiger partial charge < -0.3 is 5.11 Å². The third-order valence-electron chi connectivity index (χ3n) is 3.25. The van der Waals surface area contributed by atoms with Gasteiger partial charge in [0.25, 0.3) is 0 Å². The van der Waals surface area contributed by atoms with Crippen LogP contribution in [0.3, 0.4) is 0 Å². The zero-order valence-electron chi connectivity index (χ0n) is 8.96. The van der Waals surface area contributed by atoms with Crippen molar-refractivity contribution in [1.29, 1.82) is 0 Å². The van der Waals surface area contributed by atoms with Gasteiger partial charge in [-0.2, -0.15) is 0 Å². The number of aliphatic hydroxyl groups excluding tert-OH is 1. The number of halogens is 1. The molecular weight excluding hydrogens is 210 g/mol. The summed E-state index contributed by atoms with van der Waals surface area (Å²) in [5.41, 5.74) is 3.32. The molecular formula is C12H16ClNO. The number of hydrogen-bond acceptors (Lipinski definition) is 2. The number of nitrogens with zero attached hydrogens (tertiary/aromatic N) is 1. The van der Waals surface area contributed by atoms with E-state index in [0.29, 0.717) is 11.1 Å². The molecule has 1 aliphatic rings. The van der Waals surface area contributed by atoms with E-state index in [4.69, 9.17) is 11.6 Å². The monoisotopic (exact) mass is 225 g/mol. The number of aliphatic hydroxyl groups is 1. The van der Waals surface area contributed by atoms with Gasteiger partial charge in [-0.3, -0.25) is 0 Å². The lowest BCUT2D eigenvalue weighted by Gasteiger charge is -2.25. The summed E-state index contributed by atoms with van der Waals surface area (Å²) in [6.07, 6.45) is 4.53. The molecule has 0 saturated carbocycles. The maximum absolute atomic E-state index is 9.29. The molecule has 0 fully saturated rings. The minimum absolute atomic E-state index is 0.0704. The smallest absolute Gasteiger partial charge is 0.129 e. The molecule has 1 unspecified atom stereocenters. The molecule has 0 radical (unpaired) electrons. The Balaban J connectivity index is 2.51. The second kappa shape index (κ2) is 4.50. The van der Waals surface area contributed by atoms with Crippen LogP contribution in [0.25, 0.3) is 0 Å². The molecule has 0 bridgehead atoms. The second-order valence-corrected chi connectivity index (χ2v) is 4.51. The van der Waals surface area contributed by atoms with Gasteiger partial charge in [0, 0.05) is 11.6 Å². The molecule has 1 heterocycles. The number of rotatable bonds is 2. The summed E-state index contributed by atoms with van der Waals surface area (Å²) in [6, 6.07) is 1.79. The molecule has 3 heteroatoms. The van der Waals surface area contributed by atoms with Crippen LogP contribution in [-0.4, -0.2) is 10.1 Å². The molecule has 82 valence electrons. The first-order valence-corrected chi connectivity index (χ1v) is 5.93. The first-order chi connectivity index (χ1) is 7.26. The van der Waals surface area contributed by atoms with Crippen LogP contribution in [0.5, 0.6) is 0 Å². The molecule has 0 aliphatic heterocycles. The van der Waals surface area contributed by atoms with Gasteiger partial charge in [0.2, 0.25) is 0 Å². The Bertz CT molecular complexity index is 365. The molecule has 1 aromatic rings. The topological polar surface area (TPSA) is 33.1 Å². The predicted molar refractivity (Wildman–Crippen MR) is 61.1 cm³/mol. The van der Waals surface area contributed by atoms with Crippen LogP contribution in [-0.2, 0) is 13.0 Å². The quantitative estimate of drug-likeness (QED) is 0.785. The van der Waals surface area contributed by atoms with E-state index in [1.54, 1.807) is 6.07 Å². The average Bonchev–Trinajstić information content (AvgIpc) is 2.27. The molecule has 1 atom stereocenters. The van der Waals surface area contributed by atoms with Crippen molar-refractivity contribution in [2.24, 2.45) is 0 Å². The summed E-state index contributed by atoms with van der Waals surface area (Å²) in [4.78, 5) is 4.43. The number of aromatic nitrogens is 1. The highest BCUT2D eigenvalue weighted by Crippen LogP contribution is 2.35. The van der Waals surface area contributed by atoms with Gasteiger partial charge in [0.1, 0.15) is 5.15 Å². The van der Waals surface area contributed by atoms with Crippen molar-refractivity contribution < 1.29 is 5.11 Å². The summed E-state index contributed by atoms with van der Waals surface area (Å²) in [5.74, 6) is 0.526. The maximum atomic E-state index is 9.29. The zero-order valence-corrected chi connectivity index (χ0v) is 9.72. The van der Waals surface area contributed by atoms with Crippen LogP contribution in [0.4, 0.5) is 0 Å². The minimum Gasteiger partial charge on any atom is -0.392 e. The Kier molecular flexibility index (Phi) is 3.27. The summed E-state index contributed by atoms with van der Waals surface area (Å²) >= 11 is 5.96. The number of hydrogen-bond donors (Lipinski definition) is 1. The van der Waals surface area contributed by atoms with Crippen molar-refractivity contribution in [2.75, 3.05) is 0 Å². The molecule has 0 aromatic carbocycles. The summed E-state index contributed by atoms with van der Waals surface area (Å²) < 4.78 is 0. The van der Waals surface area contributed by atoms with Gasteiger partial charge in [0.05, 0.1) is 6.61 Å². The fraction of sp³-hybridized carbons (Fsp3) is 0.583. The Morgan fingerprint density at radius 2 is 2.40 bits per heavy atom. The summed E-state index contributed by atoms with van der Waals surface area (Å²) in [7, 11) is 0. The molecule has 0 saturated heterocycles. The lowest BCUT2D eigenvalue weighted by Crippen LogP contribution is -2.14. The predicted octanol–water partition coefficient (Wildman–Crippen LogP) is 3.06. The molecule has 1 aliphatic carbocycles. The summed E-state index contributed by atoms with van der Waals surface area (Å²) in [6.45, 7) is 2.25. The van der Waals surface area contributed by atoms with E-state index >= 15 is 0 Å². The largest absolute Gasteiger partial charge is 0.392 e. The lowest BCUT2D eigenvalue weighted by atomic mass is 9.83. The molecule has 2 rings (SSSR count). The Morgan fingerprint density at radius 1 is 1.60 bits per heavy atom. The van der Waals surface area contributed by atoms with Crippen molar-refractivity contribution in [1.82, 2.24) is 4.98 Å². The van der Waals surface area contributed by atoms with Crippen LogP contribution in [0, 0.1) is 0 Å². The SMILES string of the molecule is CCC1CCCc2c(CO)cc(Cl)nc21. The zero-order chi connectivity index (χ0) is 10.8. The van der Waals surface area contributed by atoms with Crippen molar-refractivity contribution in [3.63, 3.8) is 0 Å². The number of pyridine rings is 1. The third kappa shape index (κ3) is 2.01. The van der Waals surface area contributed by atoms with E-state index in [0.717, 1.165) is 24.1 Å². The van der Waals surface area contributed by atoms with Crippen molar-refractivity contribution in [3.8, 4) is 0 Å². The van der Waals surface area contributed by atoms with Crippen LogP contribution in [0.1, 0.15) is 48.9 Å². The van der Waals surface area contributed by atoms with Gasteiger partial charge in [-0.25, -0.2) is 4.98 Å². The van der Waals surface area contributed by atoms with Crippen molar-refractivity contribution in [2.45, 2.75) is 45.1 Å². The van der Waals surface area contributed by atoms with Gasteiger partial charge in [-0.1, -0.05) is 18.5 Å². The van der Waals surface area contributed by atoms with Crippen molar-refractivity contribution in [3.05, 3.63) is 28.0 Å². The van der Waals surface area contributed by atoms with Crippen LogP contribution in [0.15, 0.2) is 6.07 Å². The fourth-order valence-electron chi connectivity index (χ4n) is 2.44. The molecule has 1 N–H and O–H groups in total. The van der Waals surface area contributed by atoms with E-state index in [-0.39, 0.29) is 6.61 Å². The normalized spacial score (nSPS) is 20.1. The van der Waals surface area contributed by atoms with E-state index < -0.39 is 0 Å². The molecule has 0 spiro atoms. The van der Waals surface area contributed by atoms with E-state index in [9.17, 15) is 5.11 Å². The van der Waals surface area contributed by atoms with Crippen molar-refractivity contribution >= 4 is 11.6 Å². The Morgan fingerprint density at radius 3 is 3.07 bits per heavy atom. The highest BCUT2D eigenvalue weighted by Gasteiger charge is 2.22. The first kappa shape index (κ1) is 10.9. The first-order valence-electron chi connectivity index (χ1n) is 5.55. The number of fused-ring (bicyclic) bond motifs is 1. The lowest BCUT2D eigenvalue weighted by molar-refractivity contribution is 0.279. The van der Waals surface area contributed by atoms with E-state index in [1.165, 1.54) is 18.4 Å². The van der Waals surface area contributed by atoms with Gasteiger partial charge in [-0.15, -0.1) is 0 Å². The minimum atomic E-state index is 0.0704. The molecule has 15 heavy (non-hydrogen) atoms. The van der Waals surface area contributed by atoms with Crippen LogP contribution >= 0.6 is 11.6 Å². The molecule has 2 nitrogen and oxygen atoms in total. The highest BCUT2D eigenvalue weighted by atomic mass is 35.5. The average molecular weight is 226 g/mol. The van der Waals surface area contributed by atoms with Gasteiger partial charge in [0.15, 0.2) is 0 Å². The maximum Gasteiger partial charge on any atom is 0.129 e. The third-order valence-corrected chi connectivity index (χ3v) is 3.44. The van der Waals surface area contributed by atoms with Gasteiger partial charge in [-0.05, 0) is 42.9 Å². The fourth-order valence-corrected chi connectivity index (χ4v) is 2.66. The van der Waals surface area contributed by atoms with Gasteiger partial charge >= 0.3 is 0 Å².